The van der Waals surface area contributed by atoms with Crippen LogP contribution in [0, 0.1) is 5.92 Å². The van der Waals surface area contributed by atoms with Crippen molar-refractivity contribution in [1.29, 1.82) is 0 Å². The smallest absolute Gasteiger partial charge is 0.416 e. The highest BCUT2D eigenvalue weighted by atomic mass is 19.4. The lowest BCUT2D eigenvalue weighted by Crippen LogP contribution is -2.40. The Kier molecular flexibility index (Phi) is 8.16. The van der Waals surface area contributed by atoms with Gasteiger partial charge in [-0.1, -0.05) is 6.07 Å². The van der Waals surface area contributed by atoms with Crippen LogP contribution < -0.4 is 10.1 Å². The van der Waals surface area contributed by atoms with Crippen LogP contribution in [0.5, 0.6) is 5.88 Å². The van der Waals surface area contributed by atoms with Crippen molar-refractivity contribution in [2.45, 2.75) is 56.4 Å². The van der Waals surface area contributed by atoms with E-state index in [1.54, 1.807) is 18.3 Å². The van der Waals surface area contributed by atoms with Crippen molar-refractivity contribution in [2.24, 2.45) is 5.92 Å². The number of alkyl halides is 4. The minimum atomic E-state index is -4.54. The standard InChI is InChI=1S/C27H31F4N3O3/c1-37-24-6-5-21(15-32-24)26(28)10-7-22(8-11-26)34-12-9-18(17-34)13-23(35)16-33-25(36)19-3-2-4-20(14-19)27(29,30)31/h2-6,14-15,18,22H,7-13,16-17H2,1H3,(H,33,36). The second-order valence-corrected chi connectivity index (χ2v) is 9.94. The highest BCUT2D eigenvalue weighted by molar-refractivity contribution is 5.96. The van der Waals surface area contributed by atoms with Gasteiger partial charge in [-0.2, -0.15) is 13.2 Å². The summed E-state index contributed by atoms with van der Waals surface area (Å²) in [5.74, 6) is -0.281. The third-order valence-corrected chi connectivity index (χ3v) is 7.46. The largest absolute Gasteiger partial charge is 0.481 e. The molecule has 2 fully saturated rings. The van der Waals surface area contributed by atoms with Crippen molar-refractivity contribution in [2.75, 3.05) is 26.7 Å². The second-order valence-electron chi connectivity index (χ2n) is 9.94. The van der Waals surface area contributed by atoms with Crippen molar-refractivity contribution in [3.05, 3.63) is 59.3 Å². The van der Waals surface area contributed by atoms with E-state index in [4.69, 9.17) is 4.74 Å². The number of rotatable bonds is 8. The quantitative estimate of drug-likeness (QED) is 0.499. The summed E-state index contributed by atoms with van der Waals surface area (Å²) < 4.78 is 59.2. The van der Waals surface area contributed by atoms with Crippen LogP contribution in [-0.4, -0.2) is 54.4 Å². The van der Waals surface area contributed by atoms with Crippen molar-refractivity contribution in [3.8, 4) is 5.88 Å². The number of aromatic nitrogens is 1. The van der Waals surface area contributed by atoms with Gasteiger partial charge in [0.25, 0.3) is 5.91 Å². The average molecular weight is 522 g/mol. The molecular weight excluding hydrogens is 490 g/mol. The predicted octanol–water partition coefficient (Wildman–Crippen LogP) is 4.93. The normalized spacial score (nSPS) is 24.6. The van der Waals surface area contributed by atoms with Gasteiger partial charge in [-0.05, 0) is 68.8 Å². The van der Waals surface area contributed by atoms with E-state index in [9.17, 15) is 22.8 Å². The zero-order valence-corrected chi connectivity index (χ0v) is 20.7. The topological polar surface area (TPSA) is 71.5 Å². The molecule has 2 aromatic rings. The number of hydrogen-bond donors (Lipinski definition) is 1. The van der Waals surface area contributed by atoms with Crippen LogP contribution in [0.15, 0.2) is 42.6 Å². The van der Waals surface area contributed by atoms with Crippen molar-refractivity contribution < 1.29 is 31.9 Å². The summed E-state index contributed by atoms with van der Waals surface area (Å²) in [6.07, 6.45) is 0.386. The summed E-state index contributed by atoms with van der Waals surface area (Å²) in [6.45, 7) is 1.35. The maximum atomic E-state index is 15.6. The Labute approximate surface area is 213 Å². The molecule has 10 heteroatoms. The molecule has 6 nitrogen and oxygen atoms in total. The molecule has 4 rings (SSSR count). The molecule has 1 unspecified atom stereocenters. The van der Waals surface area contributed by atoms with Gasteiger partial charge in [0.2, 0.25) is 5.88 Å². The fraction of sp³-hybridized carbons (Fsp3) is 0.519. The number of carbonyl (C=O) groups excluding carboxylic acids is 2. The Morgan fingerprint density at radius 1 is 1.16 bits per heavy atom. The zero-order chi connectivity index (χ0) is 26.6. The van der Waals surface area contributed by atoms with Crippen molar-refractivity contribution in [1.82, 2.24) is 15.2 Å². The van der Waals surface area contributed by atoms with Gasteiger partial charge in [0.05, 0.1) is 19.2 Å². The van der Waals surface area contributed by atoms with E-state index in [1.807, 2.05) is 0 Å². The number of likely N-dealkylation sites (tertiary alicyclic amines) is 1. The van der Waals surface area contributed by atoms with Crippen LogP contribution in [0.2, 0.25) is 0 Å². The Hall–Kier alpha value is -3.01. The number of benzene rings is 1. The monoisotopic (exact) mass is 521 g/mol. The molecule has 1 saturated carbocycles. The SMILES string of the molecule is COc1ccc(C2(F)CCC(N3CCC(CC(=O)CNC(=O)c4cccc(C(F)(F)F)c4)C3)CC2)cn1. The van der Waals surface area contributed by atoms with Crippen LogP contribution >= 0.6 is 0 Å². The number of amides is 1. The van der Waals surface area contributed by atoms with E-state index >= 15 is 4.39 Å². The molecule has 1 aromatic heterocycles. The van der Waals surface area contributed by atoms with Crippen molar-refractivity contribution >= 4 is 11.7 Å². The third-order valence-electron chi connectivity index (χ3n) is 7.46. The summed E-state index contributed by atoms with van der Waals surface area (Å²) in [7, 11) is 1.52. The molecule has 1 amide bonds. The summed E-state index contributed by atoms with van der Waals surface area (Å²) in [5.41, 5.74) is -1.88. The first-order chi connectivity index (χ1) is 17.6. The summed E-state index contributed by atoms with van der Waals surface area (Å²) >= 11 is 0. The minimum absolute atomic E-state index is 0.138. The Bertz CT molecular complexity index is 1100. The number of halogens is 4. The maximum Gasteiger partial charge on any atom is 0.416 e. The van der Waals surface area contributed by atoms with Crippen LogP contribution in [0.3, 0.4) is 0 Å². The van der Waals surface area contributed by atoms with Gasteiger partial charge in [0, 0.05) is 42.4 Å². The number of hydrogen-bond acceptors (Lipinski definition) is 5. The molecule has 1 atom stereocenters. The highest BCUT2D eigenvalue weighted by Gasteiger charge is 2.40. The molecule has 2 aliphatic rings. The van der Waals surface area contributed by atoms with Gasteiger partial charge in [-0.15, -0.1) is 0 Å². The zero-order valence-electron chi connectivity index (χ0n) is 20.7. The van der Waals surface area contributed by atoms with Gasteiger partial charge >= 0.3 is 6.18 Å². The molecule has 1 saturated heterocycles. The molecule has 1 aliphatic carbocycles. The van der Waals surface area contributed by atoms with Gasteiger partial charge in [0.1, 0.15) is 5.67 Å². The Balaban J connectivity index is 1.21. The number of ketones is 1. The first-order valence-electron chi connectivity index (χ1n) is 12.5. The maximum absolute atomic E-state index is 15.6. The molecule has 200 valence electrons. The fourth-order valence-electron chi connectivity index (χ4n) is 5.35. The number of methoxy groups -OCH3 is 1. The number of pyridine rings is 1. The summed E-state index contributed by atoms with van der Waals surface area (Å²) in [5, 5.41) is 2.43. The third kappa shape index (κ3) is 6.66. The van der Waals surface area contributed by atoms with Crippen LogP contribution in [0.1, 0.15) is 60.0 Å². The molecular formula is C27H31F4N3O3. The van der Waals surface area contributed by atoms with Crippen LogP contribution in [0.4, 0.5) is 17.6 Å². The predicted molar refractivity (Wildman–Crippen MR) is 129 cm³/mol. The fourth-order valence-corrected chi connectivity index (χ4v) is 5.35. The number of carbonyl (C=O) groups is 2. The van der Waals surface area contributed by atoms with Gasteiger partial charge in [-0.25, -0.2) is 9.37 Å². The van der Waals surface area contributed by atoms with Gasteiger partial charge in [0.15, 0.2) is 5.78 Å². The molecule has 0 spiro atoms. The summed E-state index contributed by atoms with van der Waals surface area (Å²) in [4.78, 5) is 31.1. The van der Waals surface area contributed by atoms with Crippen LogP contribution in [0.25, 0.3) is 0 Å². The number of Topliss-reactive ketones (excluding diaryl/α,β-unsaturated/α-hetero) is 1. The van der Waals surface area contributed by atoms with E-state index in [0.717, 1.165) is 44.5 Å². The first-order valence-corrected chi connectivity index (χ1v) is 12.5. The number of nitrogens with zero attached hydrogens (tertiary/aromatic N) is 2. The lowest BCUT2D eigenvalue weighted by atomic mass is 9.79. The average Bonchev–Trinajstić information content (AvgIpc) is 3.35. The molecule has 1 aromatic carbocycles. The molecule has 1 aliphatic heterocycles. The molecule has 0 bridgehead atoms. The van der Waals surface area contributed by atoms with Crippen molar-refractivity contribution in [3.63, 3.8) is 0 Å². The molecule has 0 radical (unpaired) electrons. The lowest BCUT2D eigenvalue weighted by molar-refractivity contribution is -0.137. The van der Waals surface area contributed by atoms with E-state index < -0.39 is 23.3 Å². The van der Waals surface area contributed by atoms with Gasteiger partial charge < -0.3 is 15.0 Å². The molecule has 1 N–H and O–H groups in total. The second kappa shape index (κ2) is 11.2. The first kappa shape index (κ1) is 27.0. The molecule has 2 heterocycles. The van der Waals surface area contributed by atoms with E-state index in [2.05, 4.69) is 15.2 Å². The minimum Gasteiger partial charge on any atom is -0.481 e. The van der Waals surface area contributed by atoms with Crippen LogP contribution in [-0.2, 0) is 16.6 Å². The van der Waals surface area contributed by atoms with E-state index in [1.165, 1.54) is 19.2 Å². The lowest BCUT2D eigenvalue weighted by Gasteiger charge is -2.38. The number of nitrogens with one attached hydrogen (secondary N) is 1. The van der Waals surface area contributed by atoms with E-state index in [0.29, 0.717) is 24.3 Å². The molecule has 37 heavy (non-hydrogen) atoms. The Morgan fingerprint density at radius 3 is 2.57 bits per heavy atom. The highest BCUT2D eigenvalue weighted by Crippen LogP contribution is 2.43. The summed E-state index contributed by atoms with van der Waals surface area (Å²) in [6, 6.07) is 7.78. The Morgan fingerprint density at radius 2 is 1.92 bits per heavy atom. The van der Waals surface area contributed by atoms with Gasteiger partial charge in [-0.3, -0.25) is 9.59 Å². The van der Waals surface area contributed by atoms with E-state index in [-0.39, 0.29) is 36.3 Å². The number of ether oxygens (including phenoxy) is 1.